The number of nitrogens with zero attached hydrogens (tertiary/aromatic N) is 4. The largest absolute Gasteiger partial charge is 0.337 e. The minimum Gasteiger partial charge on any atom is -0.337 e. The molecule has 25 heavy (non-hydrogen) atoms. The number of likely N-dealkylation sites (tertiary alicyclic amines) is 1. The normalized spacial score (nSPS) is 16.2. The highest BCUT2D eigenvalue weighted by Gasteiger charge is 2.27. The number of piperidine rings is 1. The van der Waals surface area contributed by atoms with Crippen molar-refractivity contribution in [2.75, 3.05) is 20.1 Å². The van der Waals surface area contributed by atoms with E-state index < -0.39 is 0 Å². The third-order valence-corrected chi connectivity index (χ3v) is 5.88. The lowest BCUT2D eigenvalue weighted by Crippen LogP contribution is -2.45. The van der Waals surface area contributed by atoms with Gasteiger partial charge in [0.2, 0.25) is 0 Å². The summed E-state index contributed by atoms with van der Waals surface area (Å²) in [7, 11) is 3.77. The minimum absolute atomic E-state index is 0.0213. The molecule has 0 aliphatic carbocycles. The van der Waals surface area contributed by atoms with Gasteiger partial charge in [0.25, 0.3) is 5.91 Å². The van der Waals surface area contributed by atoms with E-state index in [0.717, 1.165) is 42.6 Å². The summed E-state index contributed by atoms with van der Waals surface area (Å²) in [5.74, 6) is 0.0213. The van der Waals surface area contributed by atoms with Gasteiger partial charge in [-0.2, -0.15) is 5.10 Å². The van der Waals surface area contributed by atoms with Crippen LogP contribution in [0.5, 0.6) is 0 Å². The van der Waals surface area contributed by atoms with E-state index in [4.69, 9.17) is 0 Å². The van der Waals surface area contributed by atoms with Crippen LogP contribution in [-0.4, -0.2) is 51.7 Å². The lowest BCUT2D eigenvalue weighted by atomic mass is 10.0. The molecule has 1 aromatic carbocycles. The second-order valence-corrected chi connectivity index (χ2v) is 7.66. The molecule has 1 fully saturated rings. The van der Waals surface area contributed by atoms with Gasteiger partial charge in [-0.25, -0.2) is 0 Å². The molecule has 0 unspecified atom stereocenters. The van der Waals surface area contributed by atoms with Crippen LogP contribution in [0.25, 0.3) is 0 Å². The Hall–Kier alpha value is -1.66. The van der Waals surface area contributed by atoms with E-state index >= 15 is 0 Å². The molecule has 5 nitrogen and oxygen atoms in total. The van der Waals surface area contributed by atoms with E-state index in [1.807, 2.05) is 38.1 Å². The number of rotatable bonds is 4. The van der Waals surface area contributed by atoms with Crippen molar-refractivity contribution in [3.63, 3.8) is 0 Å². The Morgan fingerprint density at radius 3 is 2.60 bits per heavy atom. The molecule has 0 radical (unpaired) electrons. The van der Waals surface area contributed by atoms with Crippen LogP contribution in [0, 0.1) is 6.92 Å². The fourth-order valence-corrected chi connectivity index (χ4v) is 3.75. The first kappa shape index (κ1) is 18.1. The molecule has 134 valence electrons. The summed E-state index contributed by atoms with van der Waals surface area (Å²) in [5.41, 5.74) is 2.85. The molecule has 0 spiro atoms. The maximum atomic E-state index is 12.7. The molecule has 1 amide bonds. The molecule has 0 N–H and O–H groups in total. The van der Waals surface area contributed by atoms with Gasteiger partial charge >= 0.3 is 0 Å². The highest BCUT2D eigenvalue weighted by Crippen LogP contribution is 2.22. The molecular weight excluding hydrogens is 380 g/mol. The predicted molar refractivity (Wildman–Crippen MR) is 102 cm³/mol. The van der Waals surface area contributed by atoms with Crippen molar-refractivity contribution in [3.8, 4) is 0 Å². The first-order chi connectivity index (χ1) is 12.0. The highest BCUT2D eigenvalue weighted by atomic mass is 79.9. The van der Waals surface area contributed by atoms with Crippen LogP contribution in [0.15, 0.2) is 34.8 Å². The number of benzene rings is 1. The third kappa shape index (κ3) is 4.12. The Balaban J connectivity index is 1.56. The molecule has 1 aliphatic heterocycles. The van der Waals surface area contributed by atoms with E-state index in [9.17, 15) is 4.79 Å². The summed E-state index contributed by atoms with van der Waals surface area (Å²) in [4.78, 5) is 17.0. The molecular formula is C19H25BrN4O. The Labute approximate surface area is 157 Å². The number of carbonyl (C=O) groups excluding carboxylic acids is 1. The van der Waals surface area contributed by atoms with Gasteiger partial charge in [-0.05, 0) is 37.5 Å². The molecule has 1 aliphatic rings. The highest BCUT2D eigenvalue weighted by molar-refractivity contribution is 9.10. The van der Waals surface area contributed by atoms with Crippen LogP contribution in [0.3, 0.4) is 0 Å². The molecule has 3 rings (SSSR count). The standard InChI is InChI=1S/C19H25BrN4O/c1-14-12-18(21-23(14)3)19(25)22(2)16-8-10-24(11-9-16)13-15-6-4-5-7-17(15)20/h4-7,12,16H,8-11,13H2,1-3H3. The van der Waals surface area contributed by atoms with Gasteiger partial charge in [0.15, 0.2) is 5.69 Å². The molecule has 1 aromatic heterocycles. The maximum absolute atomic E-state index is 12.7. The van der Waals surface area contributed by atoms with Gasteiger partial charge < -0.3 is 4.90 Å². The van der Waals surface area contributed by atoms with Crippen molar-refractivity contribution in [1.29, 1.82) is 0 Å². The summed E-state index contributed by atoms with van der Waals surface area (Å²) >= 11 is 3.62. The summed E-state index contributed by atoms with van der Waals surface area (Å²) in [6, 6.07) is 10.5. The molecule has 2 aromatic rings. The lowest BCUT2D eigenvalue weighted by Gasteiger charge is -2.36. The molecule has 1 saturated heterocycles. The maximum Gasteiger partial charge on any atom is 0.274 e. The average Bonchev–Trinajstić information content (AvgIpc) is 2.95. The second kappa shape index (κ2) is 7.70. The minimum atomic E-state index is 0.0213. The van der Waals surface area contributed by atoms with Gasteiger partial charge in [-0.3, -0.25) is 14.4 Å². The first-order valence-corrected chi connectivity index (χ1v) is 9.48. The number of carbonyl (C=O) groups is 1. The molecule has 6 heteroatoms. The van der Waals surface area contributed by atoms with E-state index in [2.05, 4.69) is 44.1 Å². The SMILES string of the molecule is Cc1cc(C(=O)N(C)C2CCN(Cc3ccccc3Br)CC2)nn1C. The van der Waals surface area contributed by atoms with Crippen molar-refractivity contribution < 1.29 is 4.79 Å². The zero-order valence-corrected chi connectivity index (χ0v) is 16.7. The molecule has 0 bridgehead atoms. The van der Waals surface area contributed by atoms with Gasteiger partial charge in [0.05, 0.1) is 0 Å². The van der Waals surface area contributed by atoms with Crippen molar-refractivity contribution in [2.45, 2.75) is 32.4 Å². The van der Waals surface area contributed by atoms with Gasteiger partial charge in [-0.15, -0.1) is 0 Å². The van der Waals surface area contributed by atoms with Crippen molar-refractivity contribution in [3.05, 3.63) is 51.8 Å². The van der Waals surface area contributed by atoms with E-state index in [-0.39, 0.29) is 11.9 Å². The quantitative estimate of drug-likeness (QED) is 0.785. The van der Waals surface area contributed by atoms with Crippen LogP contribution in [-0.2, 0) is 13.6 Å². The monoisotopic (exact) mass is 404 g/mol. The Morgan fingerprint density at radius 1 is 1.32 bits per heavy atom. The Bertz CT molecular complexity index is 730. The van der Waals surface area contributed by atoms with E-state index in [0.29, 0.717) is 5.69 Å². The number of aromatic nitrogens is 2. The van der Waals surface area contributed by atoms with E-state index in [1.165, 1.54) is 5.56 Å². The van der Waals surface area contributed by atoms with E-state index in [1.54, 1.807) is 4.68 Å². The smallest absolute Gasteiger partial charge is 0.274 e. The van der Waals surface area contributed by atoms with Crippen LogP contribution in [0.1, 0.15) is 34.6 Å². The van der Waals surface area contributed by atoms with Crippen LogP contribution in [0.2, 0.25) is 0 Å². The number of amides is 1. The third-order valence-electron chi connectivity index (χ3n) is 5.11. The van der Waals surface area contributed by atoms with Crippen LogP contribution >= 0.6 is 15.9 Å². The molecule has 0 saturated carbocycles. The van der Waals surface area contributed by atoms with Crippen molar-refractivity contribution >= 4 is 21.8 Å². The molecule has 0 atom stereocenters. The summed E-state index contributed by atoms with van der Waals surface area (Å²) in [5, 5.41) is 4.32. The summed E-state index contributed by atoms with van der Waals surface area (Å²) in [6.07, 6.45) is 2.00. The van der Waals surface area contributed by atoms with Crippen molar-refractivity contribution in [1.82, 2.24) is 19.6 Å². The van der Waals surface area contributed by atoms with Gasteiger partial charge in [0.1, 0.15) is 0 Å². The fraction of sp³-hybridized carbons (Fsp3) is 0.474. The number of halogens is 1. The summed E-state index contributed by atoms with van der Waals surface area (Å²) < 4.78 is 2.91. The number of hydrogen-bond acceptors (Lipinski definition) is 3. The molecule has 2 heterocycles. The van der Waals surface area contributed by atoms with Gasteiger partial charge in [0, 0.05) is 49.9 Å². The topological polar surface area (TPSA) is 41.4 Å². The second-order valence-electron chi connectivity index (χ2n) is 6.81. The zero-order chi connectivity index (χ0) is 18.0. The lowest BCUT2D eigenvalue weighted by molar-refractivity contribution is 0.0630. The average molecular weight is 405 g/mol. The number of hydrogen-bond donors (Lipinski definition) is 0. The van der Waals surface area contributed by atoms with Crippen LogP contribution in [0.4, 0.5) is 0 Å². The summed E-state index contributed by atoms with van der Waals surface area (Å²) in [6.45, 7) is 4.92. The fourth-order valence-electron chi connectivity index (χ4n) is 3.34. The number of aryl methyl sites for hydroxylation is 2. The van der Waals surface area contributed by atoms with Crippen molar-refractivity contribution in [2.24, 2.45) is 7.05 Å². The zero-order valence-electron chi connectivity index (χ0n) is 15.1. The predicted octanol–water partition coefficient (Wildman–Crippen LogP) is 3.23. The Morgan fingerprint density at radius 2 is 2.00 bits per heavy atom. The Kier molecular flexibility index (Phi) is 5.59. The van der Waals surface area contributed by atoms with Crippen LogP contribution < -0.4 is 0 Å². The van der Waals surface area contributed by atoms with Gasteiger partial charge in [-0.1, -0.05) is 34.1 Å². The first-order valence-electron chi connectivity index (χ1n) is 8.69.